The monoisotopic (exact) mass is 398 g/mol. The van der Waals surface area contributed by atoms with Gasteiger partial charge in [0, 0.05) is 23.7 Å². The van der Waals surface area contributed by atoms with E-state index in [0.29, 0.717) is 11.7 Å². The van der Waals surface area contributed by atoms with Gasteiger partial charge in [-0.3, -0.25) is 0 Å². The summed E-state index contributed by atoms with van der Waals surface area (Å²) in [6.07, 6.45) is 2.49. The molecule has 0 aliphatic carbocycles. The van der Waals surface area contributed by atoms with Crippen LogP contribution < -0.4 is 24.8 Å². The lowest BCUT2D eigenvalue weighted by atomic mass is 9.89. The van der Waals surface area contributed by atoms with Crippen LogP contribution in [0.3, 0.4) is 0 Å². The van der Waals surface area contributed by atoms with Crippen molar-refractivity contribution < 1.29 is 14.2 Å². The summed E-state index contributed by atoms with van der Waals surface area (Å²) in [4.78, 5) is 0. The summed E-state index contributed by atoms with van der Waals surface area (Å²) in [6.45, 7) is 8.27. The van der Waals surface area contributed by atoms with Gasteiger partial charge in [0.2, 0.25) is 0 Å². The summed E-state index contributed by atoms with van der Waals surface area (Å²) < 4.78 is 17.1. The number of ether oxygens (including phenoxy) is 3. The average Bonchev–Trinajstić information content (AvgIpc) is 2.65. The fourth-order valence-corrected chi connectivity index (χ4v) is 3.49. The molecule has 0 saturated carbocycles. The first-order valence-corrected chi connectivity index (χ1v) is 9.59. The van der Waals surface area contributed by atoms with Gasteiger partial charge < -0.3 is 24.8 Å². The Morgan fingerprint density at radius 1 is 1.29 bits per heavy atom. The second-order valence-corrected chi connectivity index (χ2v) is 7.66. The van der Waals surface area contributed by atoms with Crippen molar-refractivity contribution in [3.05, 3.63) is 60.7 Å². The molecule has 0 aromatic heterocycles. The molecule has 148 valence electrons. The predicted octanol–water partition coefficient (Wildman–Crippen LogP) is 4.85. The standard InChI is InChI=1S/C22H26N2O3S/c1-5-11-26-17-8-6-7-15(12-17)23-21(28)24-19-14-22(2,3)27-20-10-9-16(25-4)13-18(19)20/h5-10,12-13,19H,1,11,14H2,2-4H3,(H2,23,24,28)/t19-/m1/s1. The highest BCUT2D eigenvalue weighted by molar-refractivity contribution is 7.80. The second-order valence-electron chi connectivity index (χ2n) is 7.25. The van der Waals surface area contributed by atoms with Crippen LogP contribution >= 0.6 is 12.2 Å². The van der Waals surface area contributed by atoms with Gasteiger partial charge >= 0.3 is 0 Å². The lowest BCUT2D eigenvalue weighted by Gasteiger charge is -2.38. The first-order chi connectivity index (χ1) is 13.4. The Morgan fingerprint density at radius 3 is 2.86 bits per heavy atom. The van der Waals surface area contributed by atoms with Gasteiger partial charge in [0.15, 0.2) is 5.11 Å². The fraction of sp³-hybridized carbons (Fsp3) is 0.318. The molecular formula is C22H26N2O3S. The quantitative estimate of drug-likeness (QED) is 0.536. The van der Waals surface area contributed by atoms with Crippen molar-refractivity contribution in [1.29, 1.82) is 0 Å². The van der Waals surface area contributed by atoms with E-state index in [1.165, 1.54) is 0 Å². The van der Waals surface area contributed by atoms with Crippen LogP contribution in [0.5, 0.6) is 17.2 Å². The fourth-order valence-electron chi connectivity index (χ4n) is 3.23. The number of hydrogen-bond acceptors (Lipinski definition) is 4. The molecule has 2 aromatic rings. The molecule has 0 unspecified atom stereocenters. The molecule has 1 aliphatic rings. The van der Waals surface area contributed by atoms with Gasteiger partial charge in [0.25, 0.3) is 0 Å². The van der Waals surface area contributed by atoms with Crippen molar-refractivity contribution in [2.45, 2.75) is 31.9 Å². The minimum atomic E-state index is -0.298. The summed E-state index contributed by atoms with van der Waals surface area (Å²) in [6, 6.07) is 13.5. The topological polar surface area (TPSA) is 51.8 Å². The lowest BCUT2D eigenvalue weighted by Crippen LogP contribution is -2.42. The molecule has 5 nitrogen and oxygen atoms in total. The van der Waals surface area contributed by atoms with E-state index >= 15 is 0 Å². The van der Waals surface area contributed by atoms with E-state index in [1.807, 2.05) is 42.5 Å². The van der Waals surface area contributed by atoms with Gasteiger partial charge in [-0.25, -0.2) is 0 Å². The Kier molecular flexibility index (Phi) is 6.09. The maximum Gasteiger partial charge on any atom is 0.171 e. The van der Waals surface area contributed by atoms with Crippen molar-refractivity contribution in [3.8, 4) is 17.2 Å². The largest absolute Gasteiger partial charge is 0.497 e. The zero-order valence-electron chi connectivity index (χ0n) is 16.5. The third kappa shape index (κ3) is 4.95. The van der Waals surface area contributed by atoms with E-state index < -0.39 is 0 Å². The number of methoxy groups -OCH3 is 1. The third-order valence-electron chi connectivity index (χ3n) is 4.44. The third-order valence-corrected chi connectivity index (χ3v) is 4.66. The zero-order valence-corrected chi connectivity index (χ0v) is 17.3. The minimum Gasteiger partial charge on any atom is -0.497 e. The number of hydrogen-bond donors (Lipinski definition) is 2. The van der Waals surface area contributed by atoms with E-state index in [2.05, 4.69) is 31.1 Å². The molecule has 1 aliphatic heterocycles. The molecule has 0 fully saturated rings. The molecule has 3 rings (SSSR count). The number of thiocarbonyl (C=S) groups is 1. The predicted molar refractivity (Wildman–Crippen MR) is 117 cm³/mol. The Labute approximate surface area is 171 Å². The highest BCUT2D eigenvalue weighted by Crippen LogP contribution is 2.41. The van der Waals surface area contributed by atoms with Crippen LogP contribution in [0.2, 0.25) is 0 Å². The number of benzene rings is 2. The molecule has 1 atom stereocenters. The molecule has 1 heterocycles. The lowest BCUT2D eigenvalue weighted by molar-refractivity contribution is 0.0695. The van der Waals surface area contributed by atoms with Crippen LogP contribution in [0.1, 0.15) is 31.9 Å². The van der Waals surface area contributed by atoms with Gasteiger partial charge in [0.05, 0.1) is 13.2 Å². The Balaban J connectivity index is 1.74. The van der Waals surface area contributed by atoms with Gasteiger partial charge in [-0.1, -0.05) is 18.7 Å². The number of anilines is 1. The Bertz CT molecular complexity index is 867. The first-order valence-electron chi connectivity index (χ1n) is 9.18. The molecule has 0 saturated heterocycles. The van der Waals surface area contributed by atoms with Crippen LogP contribution in [0.15, 0.2) is 55.1 Å². The van der Waals surface area contributed by atoms with Crippen molar-refractivity contribution in [2.75, 3.05) is 19.0 Å². The van der Waals surface area contributed by atoms with Gasteiger partial charge in [0.1, 0.15) is 29.5 Å². The van der Waals surface area contributed by atoms with Gasteiger partial charge in [-0.05, 0) is 56.4 Å². The maximum absolute atomic E-state index is 6.12. The average molecular weight is 399 g/mol. The summed E-state index contributed by atoms with van der Waals surface area (Å²) >= 11 is 5.56. The molecule has 2 N–H and O–H groups in total. The summed E-state index contributed by atoms with van der Waals surface area (Å²) in [5.41, 5.74) is 1.59. The second kappa shape index (κ2) is 8.52. The molecule has 0 spiro atoms. The Hall–Kier alpha value is -2.73. The van der Waals surface area contributed by atoms with Crippen LogP contribution in [0.4, 0.5) is 5.69 Å². The summed E-state index contributed by atoms with van der Waals surface area (Å²) in [5.74, 6) is 2.40. The summed E-state index contributed by atoms with van der Waals surface area (Å²) in [7, 11) is 1.66. The highest BCUT2D eigenvalue weighted by atomic mass is 32.1. The van der Waals surface area contributed by atoms with Crippen LogP contribution in [0.25, 0.3) is 0 Å². The number of nitrogens with one attached hydrogen (secondary N) is 2. The zero-order chi connectivity index (χ0) is 20.1. The van der Waals surface area contributed by atoms with Gasteiger partial charge in [-0.2, -0.15) is 0 Å². The maximum atomic E-state index is 6.12. The molecule has 6 heteroatoms. The smallest absolute Gasteiger partial charge is 0.171 e. The SMILES string of the molecule is C=CCOc1cccc(NC(=S)N[C@@H]2CC(C)(C)Oc3ccc(OC)cc32)c1. The van der Waals surface area contributed by atoms with Crippen molar-refractivity contribution in [1.82, 2.24) is 5.32 Å². The van der Waals surface area contributed by atoms with E-state index in [-0.39, 0.29) is 11.6 Å². The molecular weight excluding hydrogens is 372 g/mol. The van der Waals surface area contributed by atoms with Crippen LogP contribution in [-0.4, -0.2) is 24.4 Å². The van der Waals surface area contributed by atoms with Crippen LogP contribution in [-0.2, 0) is 0 Å². The van der Waals surface area contributed by atoms with Gasteiger partial charge in [-0.15, -0.1) is 0 Å². The molecule has 0 radical (unpaired) electrons. The normalized spacial score (nSPS) is 16.9. The number of rotatable bonds is 6. The molecule has 28 heavy (non-hydrogen) atoms. The molecule has 2 aromatic carbocycles. The van der Waals surface area contributed by atoms with Crippen molar-refractivity contribution >= 4 is 23.0 Å². The van der Waals surface area contributed by atoms with E-state index in [1.54, 1.807) is 13.2 Å². The molecule has 0 bridgehead atoms. The number of fused-ring (bicyclic) bond motifs is 1. The minimum absolute atomic E-state index is 0.00838. The molecule has 0 amide bonds. The first kappa shape index (κ1) is 20.0. The Morgan fingerprint density at radius 2 is 2.11 bits per heavy atom. The van der Waals surface area contributed by atoms with Crippen molar-refractivity contribution in [3.63, 3.8) is 0 Å². The highest BCUT2D eigenvalue weighted by Gasteiger charge is 2.34. The van der Waals surface area contributed by atoms with E-state index in [4.69, 9.17) is 26.4 Å². The van der Waals surface area contributed by atoms with E-state index in [9.17, 15) is 0 Å². The van der Waals surface area contributed by atoms with Crippen LogP contribution in [0, 0.1) is 0 Å². The summed E-state index contributed by atoms with van der Waals surface area (Å²) in [5, 5.41) is 7.20. The van der Waals surface area contributed by atoms with E-state index in [0.717, 1.165) is 34.9 Å². The van der Waals surface area contributed by atoms with Crippen molar-refractivity contribution in [2.24, 2.45) is 0 Å².